The lowest BCUT2D eigenvalue weighted by Crippen LogP contribution is -2.19. The van der Waals surface area contributed by atoms with Gasteiger partial charge in [0.15, 0.2) is 6.23 Å². The molecule has 1 aliphatic rings. The molecular formula is C37H46N4O2. The quantitative estimate of drug-likeness (QED) is 0.0836. The Morgan fingerprint density at radius 1 is 0.907 bits per heavy atom. The van der Waals surface area contributed by atoms with Crippen LogP contribution in [-0.2, 0) is 33.5 Å². The van der Waals surface area contributed by atoms with Crippen LogP contribution in [-0.4, -0.2) is 12.6 Å². The maximum absolute atomic E-state index is 6.20. The maximum Gasteiger partial charge on any atom is 0.237 e. The van der Waals surface area contributed by atoms with Crippen LogP contribution in [0.3, 0.4) is 0 Å². The molecule has 0 aliphatic heterocycles. The Morgan fingerprint density at radius 3 is 2.12 bits per heavy atom. The number of nitrogens with zero attached hydrogens (tertiary/aromatic N) is 2. The summed E-state index contributed by atoms with van der Waals surface area (Å²) in [7, 11) is 0. The van der Waals surface area contributed by atoms with Crippen LogP contribution in [0.5, 0.6) is 0 Å². The molecule has 43 heavy (non-hydrogen) atoms. The van der Waals surface area contributed by atoms with Gasteiger partial charge in [0.1, 0.15) is 6.61 Å². The summed E-state index contributed by atoms with van der Waals surface area (Å²) in [5.41, 5.74) is 11.0. The normalized spacial score (nSPS) is 16.4. The van der Waals surface area contributed by atoms with Crippen molar-refractivity contribution in [3.05, 3.63) is 130 Å². The fourth-order valence-corrected chi connectivity index (χ4v) is 5.02. The average molecular weight is 579 g/mol. The van der Waals surface area contributed by atoms with Crippen molar-refractivity contribution < 1.29 is 9.47 Å². The van der Waals surface area contributed by atoms with Crippen LogP contribution in [0.2, 0.25) is 0 Å². The molecule has 0 aromatic heterocycles. The molecule has 0 amide bonds. The molecule has 6 nitrogen and oxygen atoms in total. The van der Waals surface area contributed by atoms with Crippen molar-refractivity contribution in [1.29, 1.82) is 0 Å². The third-order valence-corrected chi connectivity index (χ3v) is 7.74. The minimum atomic E-state index is -0.458. The minimum Gasteiger partial charge on any atom is -0.471 e. The number of rotatable bonds is 10. The Hall–Kier alpha value is -4.16. The summed E-state index contributed by atoms with van der Waals surface area (Å²) in [6.45, 7) is 17.7. The molecule has 6 heteroatoms. The molecule has 0 bridgehead atoms. The molecule has 0 radical (unpaired) electrons. The van der Waals surface area contributed by atoms with Crippen LogP contribution in [0, 0.1) is 0 Å². The third-order valence-electron chi connectivity index (χ3n) is 7.74. The van der Waals surface area contributed by atoms with Crippen LogP contribution >= 0.6 is 0 Å². The van der Waals surface area contributed by atoms with E-state index < -0.39 is 6.23 Å². The largest absolute Gasteiger partial charge is 0.471 e. The van der Waals surface area contributed by atoms with E-state index in [0.717, 1.165) is 28.7 Å². The summed E-state index contributed by atoms with van der Waals surface area (Å²) in [6.07, 6.45) is 6.79. The Morgan fingerprint density at radius 2 is 1.56 bits per heavy atom. The number of benzene rings is 3. The highest BCUT2D eigenvalue weighted by Crippen LogP contribution is 2.30. The number of hydrogen-bond acceptors (Lipinski definition) is 6. The van der Waals surface area contributed by atoms with Gasteiger partial charge in [-0.05, 0) is 51.1 Å². The van der Waals surface area contributed by atoms with Gasteiger partial charge in [0, 0.05) is 23.8 Å². The standard InChI is InChI=1S/C37H46N4O2/c1-36(2,3)32-19-11-26(12-20-32)24-43-35(41-39-7)31-10-8-9-27(23-31)25-42-34(40-38)30-15-13-28(14-16-30)29-17-21-33(22-18-29)37(4,5)6/h8-13,15-23,28,35,41H,7,14,24-25,38H2,1-6H3/b40-34-. The van der Waals surface area contributed by atoms with Gasteiger partial charge in [-0.3, -0.25) is 5.43 Å². The Balaban J connectivity index is 1.35. The molecule has 0 saturated carbocycles. The monoisotopic (exact) mass is 578 g/mol. The van der Waals surface area contributed by atoms with E-state index in [1.165, 1.54) is 16.7 Å². The van der Waals surface area contributed by atoms with E-state index in [0.29, 0.717) is 25.0 Å². The predicted molar refractivity (Wildman–Crippen MR) is 178 cm³/mol. The van der Waals surface area contributed by atoms with Crippen molar-refractivity contribution in [2.75, 3.05) is 0 Å². The van der Waals surface area contributed by atoms with E-state index in [4.69, 9.17) is 15.3 Å². The summed E-state index contributed by atoms with van der Waals surface area (Å²) in [6, 6.07) is 25.4. The molecule has 0 saturated heterocycles. The lowest BCUT2D eigenvalue weighted by atomic mass is 9.84. The number of allylic oxidation sites excluding steroid dienone is 2. The second-order valence-corrected chi connectivity index (χ2v) is 13.1. The Labute approximate surface area is 257 Å². The van der Waals surface area contributed by atoms with Gasteiger partial charge in [-0.2, -0.15) is 5.10 Å². The van der Waals surface area contributed by atoms with Gasteiger partial charge in [0.25, 0.3) is 0 Å². The summed E-state index contributed by atoms with van der Waals surface area (Å²) in [5.74, 6) is 6.49. The Bertz CT molecular complexity index is 1460. The summed E-state index contributed by atoms with van der Waals surface area (Å²) >= 11 is 0. The molecule has 0 spiro atoms. The zero-order valence-electron chi connectivity index (χ0n) is 26.4. The van der Waals surface area contributed by atoms with E-state index in [1.54, 1.807) is 0 Å². The smallest absolute Gasteiger partial charge is 0.237 e. The first-order valence-corrected chi connectivity index (χ1v) is 14.9. The first-order chi connectivity index (χ1) is 20.5. The average Bonchev–Trinajstić information content (AvgIpc) is 2.99. The zero-order valence-corrected chi connectivity index (χ0v) is 26.4. The van der Waals surface area contributed by atoms with Crippen LogP contribution in [0.15, 0.2) is 107 Å². The van der Waals surface area contributed by atoms with Gasteiger partial charge in [0.2, 0.25) is 5.90 Å². The molecule has 4 rings (SSSR count). The second-order valence-electron chi connectivity index (χ2n) is 13.1. The number of hydrogen-bond donors (Lipinski definition) is 2. The minimum absolute atomic E-state index is 0.109. The molecule has 0 fully saturated rings. The van der Waals surface area contributed by atoms with Gasteiger partial charge in [-0.1, -0.05) is 127 Å². The van der Waals surface area contributed by atoms with E-state index in [-0.39, 0.29) is 10.8 Å². The van der Waals surface area contributed by atoms with Crippen LogP contribution in [0.1, 0.15) is 93.5 Å². The second kappa shape index (κ2) is 13.9. The van der Waals surface area contributed by atoms with E-state index in [9.17, 15) is 0 Å². The Kier molecular flexibility index (Phi) is 10.3. The van der Waals surface area contributed by atoms with Gasteiger partial charge in [-0.25, -0.2) is 0 Å². The van der Waals surface area contributed by atoms with Gasteiger partial charge < -0.3 is 15.3 Å². The topological polar surface area (TPSA) is 81.2 Å². The molecular weight excluding hydrogens is 532 g/mol. The lowest BCUT2D eigenvalue weighted by molar-refractivity contribution is 0.0169. The van der Waals surface area contributed by atoms with Crippen molar-refractivity contribution in [2.24, 2.45) is 16.0 Å². The van der Waals surface area contributed by atoms with E-state index >= 15 is 0 Å². The summed E-state index contributed by atoms with van der Waals surface area (Å²) < 4.78 is 12.3. The highest BCUT2D eigenvalue weighted by molar-refractivity contribution is 5.96. The molecule has 1 aliphatic carbocycles. The number of ether oxygens (including phenoxy) is 2. The first kappa shape index (κ1) is 31.8. The predicted octanol–water partition coefficient (Wildman–Crippen LogP) is 8.16. The molecule has 2 atom stereocenters. The molecule has 3 aromatic rings. The van der Waals surface area contributed by atoms with Crippen LogP contribution in [0.25, 0.3) is 0 Å². The van der Waals surface area contributed by atoms with E-state index in [1.807, 2.05) is 30.3 Å². The fourth-order valence-electron chi connectivity index (χ4n) is 5.02. The maximum atomic E-state index is 6.20. The molecule has 3 aromatic carbocycles. The van der Waals surface area contributed by atoms with Crippen molar-refractivity contribution in [2.45, 2.75) is 84.2 Å². The van der Waals surface area contributed by atoms with Gasteiger partial charge in [0.05, 0.1) is 6.61 Å². The SMILES string of the molecule is C=NNC(OCc1ccc(C(C)(C)C)cc1)c1cccc(CO/C(=N\N)C2=CCC(c3ccc(C(C)(C)C)cc3)C=C2)c1. The highest BCUT2D eigenvalue weighted by Gasteiger charge is 2.18. The van der Waals surface area contributed by atoms with Crippen molar-refractivity contribution >= 4 is 12.6 Å². The number of hydrazone groups is 2. The summed E-state index contributed by atoms with van der Waals surface area (Å²) in [4.78, 5) is 0. The molecule has 0 heterocycles. The summed E-state index contributed by atoms with van der Waals surface area (Å²) in [5, 5.41) is 7.83. The number of nitrogens with two attached hydrogens (primary N) is 1. The van der Waals surface area contributed by atoms with Crippen molar-refractivity contribution in [1.82, 2.24) is 5.43 Å². The third kappa shape index (κ3) is 8.68. The van der Waals surface area contributed by atoms with E-state index in [2.05, 4.69) is 125 Å². The zero-order chi connectivity index (χ0) is 31.0. The first-order valence-electron chi connectivity index (χ1n) is 14.9. The highest BCUT2D eigenvalue weighted by atomic mass is 16.5. The fraction of sp³-hybridized carbons (Fsp3) is 0.351. The molecule has 2 unspecified atom stereocenters. The van der Waals surface area contributed by atoms with Crippen LogP contribution < -0.4 is 11.3 Å². The lowest BCUT2D eigenvalue weighted by Gasteiger charge is -2.21. The molecule has 3 N–H and O–H groups in total. The number of nitrogens with one attached hydrogen (secondary N) is 1. The van der Waals surface area contributed by atoms with Crippen LogP contribution in [0.4, 0.5) is 0 Å². The van der Waals surface area contributed by atoms with Crippen molar-refractivity contribution in [3.63, 3.8) is 0 Å². The van der Waals surface area contributed by atoms with Crippen molar-refractivity contribution in [3.8, 4) is 0 Å². The molecule has 226 valence electrons. The van der Waals surface area contributed by atoms with Gasteiger partial charge >= 0.3 is 0 Å². The van der Waals surface area contributed by atoms with Gasteiger partial charge in [-0.15, -0.1) is 5.10 Å².